The Balaban J connectivity index is 2.25. The average Bonchev–Trinajstić information content (AvgIpc) is 2.53. The molecule has 0 radical (unpaired) electrons. The smallest absolute Gasteiger partial charge is 0.236 e. The number of nitrogens with one attached hydrogen (secondary N) is 1. The van der Waals surface area contributed by atoms with Crippen LogP contribution in [-0.2, 0) is 14.3 Å². The number of methoxy groups -OCH3 is 1. The molecule has 22 heavy (non-hydrogen) atoms. The molecule has 0 atom stereocenters. The Morgan fingerprint density at radius 2 is 1.77 bits per heavy atom. The van der Waals surface area contributed by atoms with Crippen molar-refractivity contribution >= 4 is 11.8 Å². The van der Waals surface area contributed by atoms with E-state index in [-0.39, 0.29) is 11.8 Å². The summed E-state index contributed by atoms with van der Waals surface area (Å²) in [6.07, 6.45) is 0. The van der Waals surface area contributed by atoms with Gasteiger partial charge in [0.05, 0.1) is 19.7 Å². The number of ether oxygens (including phenoxy) is 1. The SMILES string of the molecule is CCN(CC)C(=O)CN1CCN(C(=O)CNCCOC)CC1. The second kappa shape index (κ2) is 10.5. The first kappa shape index (κ1) is 18.9. The summed E-state index contributed by atoms with van der Waals surface area (Å²) in [7, 11) is 1.64. The van der Waals surface area contributed by atoms with E-state index in [0.29, 0.717) is 39.3 Å². The van der Waals surface area contributed by atoms with Gasteiger partial charge in [-0.2, -0.15) is 0 Å². The van der Waals surface area contributed by atoms with Crippen molar-refractivity contribution in [3.63, 3.8) is 0 Å². The summed E-state index contributed by atoms with van der Waals surface area (Å²) in [6, 6.07) is 0. The Bertz CT molecular complexity index is 340. The van der Waals surface area contributed by atoms with Gasteiger partial charge in [-0.3, -0.25) is 14.5 Å². The zero-order valence-corrected chi connectivity index (χ0v) is 14.1. The highest BCUT2D eigenvalue weighted by molar-refractivity contribution is 5.79. The summed E-state index contributed by atoms with van der Waals surface area (Å²) in [6.45, 7) is 10.5. The predicted octanol–water partition coefficient (Wildman–Crippen LogP) is -0.765. The zero-order valence-electron chi connectivity index (χ0n) is 14.1. The maximum absolute atomic E-state index is 12.1. The highest BCUT2D eigenvalue weighted by Gasteiger charge is 2.23. The average molecular weight is 314 g/mol. The van der Waals surface area contributed by atoms with Crippen LogP contribution in [0, 0.1) is 0 Å². The predicted molar refractivity (Wildman–Crippen MR) is 85.7 cm³/mol. The van der Waals surface area contributed by atoms with Crippen molar-refractivity contribution in [2.45, 2.75) is 13.8 Å². The lowest BCUT2D eigenvalue weighted by atomic mass is 10.3. The van der Waals surface area contributed by atoms with E-state index in [0.717, 1.165) is 26.2 Å². The van der Waals surface area contributed by atoms with Gasteiger partial charge in [0, 0.05) is 52.9 Å². The Hall–Kier alpha value is -1.18. The minimum absolute atomic E-state index is 0.117. The topological polar surface area (TPSA) is 65.1 Å². The van der Waals surface area contributed by atoms with Gasteiger partial charge in [0.25, 0.3) is 0 Å². The van der Waals surface area contributed by atoms with Gasteiger partial charge in [0.15, 0.2) is 0 Å². The second-order valence-electron chi connectivity index (χ2n) is 5.39. The van der Waals surface area contributed by atoms with Crippen LogP contribution in [0.2, 0.25) is 0 Å². The molecule has 0 aromatic rings. The molecule has 0 aromatic heterocycles. The van der Waals surface area contributed by atoms with Gasteiger partial charge >= 0.3 is 0 Å². The summed E-state index contributed by atoms with van der Waals surface area (Å²) in [5.41, 5.74) is 0. The van der Waals surface area contributed by atoms with Crippen LogP contribution in [0.15, 0.2) is 0 Å². The lowest BCUT2D eigenvalue weighted by Crippen LogP contribution is -2.53. The number of carbonyl (C=O) groups excluding carboxylic acids is 2. The van der Waals surface area contributed by atoms with Crippen LogP contribution in [0.4, 0.5) is 0 Å². The van der Waals surface area contributed by atoms with E-state index in [4.69, 9.17) is 4.74 Å². The van der Waals surface area contributed by atoms with E-state index >= 15 is 0 Å². The number of rotatable bonds is 9. The van der Waals surface area contributed by atoms with E-state index < -0.39 is 0 Å². The van der Waals surface area contributed by atoms with Gasteiger partial charge in [0.2, 0.25) is 11.8 Å². The first-order chi connectivity index (χ1) is 10.6. The Morgan fingerprint density at radius 1 is 1.14 bits per heavy atom. The van der Waals surface area contributed by atoms with Gasteiger partial charge < -0.3 is 19.9 Å². The van der Waals surface area contributed by atoms with Crippen molar-refractivity contribution < 1.29 is 14.3 Å². The lowest BCUT2D eigenvalue weighted by molar-refractivity contribution is -0.134. The fourth-order valence-electron chi connectivity index (χ4n) is 2.50. The lowest BCUT2D eigenvalue weighted by Gasteiger charge is -2.35. The number of carbonyl (C=O) groups is 2. The Labute approximate surface area is 133 Å². The van der Waals surface area contributed by atoms with E-state index in [2.05, 4.69) is 10.2 Å². The molecule has 1 heterocycles. The molecule has 1 aliphatic heterocycles. The largest absolute Gasteiger partial charge is 0.383 e. The number of hydrogen-bond donors (Lipinski definition) is 1. The Morgan fingerprint density at radius 3 is 2.32 bits per heavy atom. The maximum atomic E-state index is 12.1. The molecule has 128 valence electrons. The van der Waals surface area contributed by atoms with Crippen LogP contribution in [0.1, 0.15) is 13.8 Å². The first-order valence-electron chi connectivity index (χ1n) is 8.09. The molecule has 1 aliphatic rings. The third kappa shape index (κ3) is 6.29. The first-order valence-corrected chi connectivity index (χ1v) is 8.09. The van der Waals surface area contributed by atoms with Crippen molar-refractivity contribution in [3.05, 3.63) is 0 Å². The molecule has 7 heteroatoms. The van der Waals surface area contributed by atoms with Gasteiger partial charge in [-0.1, -0.05) is 0 Å². The Kier molecular flexibility index (Phi) is 9.03. The third-order valence-corrected chi connectivity index (χ3v) is 3.96. The standard InChI is InChI=1S/C15H30N4O3/c1-4-18(5-2)15(21)13-17-7-9-19(10-8-17)14(20)12-16-6-11-22-3/h16H,4-13H2,1-3H3. The normalized spacial score (nSPS) is 15.9. The molecule has 1 fully saturated rings. The molecule has 1 rings (SSSR count). The minimum atomic E-state index is 0.117. The van der Waals surface area contributed by atoms with Crippen molar-refractivity contribution in [3.8, 4) is 0 Å². The van der Waals surface area contributed by atoms with Crippen LogP contribution >= 0.6 is 0 Å². The molecule has 2 amide bonds. The summed E-state index contributed by atoms with van der Waals surface area (Å²) < 4.78 is 4.93. The van der Waals surface area contributed by atoms with Crippen molar-refractivity contribution in [2.75, 3.05) is 72.6 Å². The molecule has 0 saturated carbocycles. The van der Waals surface area contributed by atoms with Crippen LogP contribution in [-0.4, -0.2) is 99.1 Å². The van der Waals surface area contributed by atoms with Gasteiger partial charge in [-0.05, 0) is 13.8 Å². The molecule has 7 nitrogen and oxygen atoms in total. The number of hydrogen-bond acceptors (Lipinski definition) is 5. The molecule has 0 aliphatic carbocycles. The molecular weight excluding hydrogens is 284 g/mol. The van der Waals surface area contributed by atoms with E-state index in [1.54, 1.807) is 7.11 Å². The fourth-order valence-corrected chi connectivity index (χ4v) is 2.50. The van der Waals surface area contributed by atoms with Crippen LogP contribution in [0.3, 0.4) is 0 Å². The quantitative estimate of drug-likeness (QED) is 0.567. The maximum Gasteiger partial charge on any atom is 0.236 e. The molecule has 0 aromatic carbocycles. The van der Waals surface area contributed by atoms with E-state index in [9.17, 15) is 9.59 Å². The molecule has 0 spiro atoms. The fraction of sp³-hybridized carbons (Fsp3) is 0.867. The van der Waals surface area contributed by atoms with Crippen LogP contribution in [0.5, 0.6) is 0 Å². The van der Waals surface area contributed by atoms with Crippen molar-refractivity contribution in [1.29, 1.82) is 0 Å². The van der Waals surface area contributed by atoms with Gasteiger partial charge in [-0.15, -0.1) is 0 Å². The third-order valence-electron chi connectivity index (χ3n) is 3.96. The molecule has 1 saturated heterocycles. The number of nitrogens with zero attached hydrogens (tertiary/aromatic N) is 3. The molecule has 0 bridgehead atoms. The second-order valence-corrected chi connectivity index (χ2v) is 5.39. The molecular formula is C15H30N4O3. The van der Waals surface area contributed by atoms with Crippen LogP contribution < -0.4 is 5.32 Å². The monoisotopic (exact) mass is 314 g/mol. The summed E-state index contributed by atoms with van der Waals surface area (Å²) in [5.74, 6) is 0.289. The van der Waals surface area contributed by atoms with Crippen molar-refractivity contribution in [1.82, 2.24) is 20.0 Å². The van der Waals surface area contributed by atoms with E-state index in [1.807, 2.05) is 23.6 Å². The summed E-state index contributed by atoms with van der Waals surface area (Å²) in [4.78, 5) is 29.9. The number of amides is 2. The number of likely N-dealkylation sites (N-methyl/N-ethyl adjacent to an activating group) is 1. The van der Waals surface area contributed by atoms with E-state index in [1.165, 1.54) is 0 Å². The van der Waals surface area contributed by atoms with Crippen molar-refractivity contribution in [2.24, 2.45) is 0 Å². The van der Waals surface area contributed by atoms with Gasteiger partial charge in [0.1, 0.15) is 0 Å². The van der Waals surface area contributed by atoms with Gasteiger partial charge in [-0.25, -0.2) is 0 Å². The minimum Gasteiger partial charge on any atom is -0.383 e. The highest BCUT2D eigenvalue weighted by atomic mass is 16.5. The highest BCUT2D eigenvalue weighted by Crippen LogP contribution is 2.03. The molecule has 1 N–H and O–H groups in total. The number of piperazine rings is 1. The summed E-state index contributed by atoms with van der Waals surface area (Å²) in [5, 5.41) is 3.07. The summed E-state index contributed by atoms with van der Waals surface area (Å²) >= 11 is 0. The molecule has 0 unspecified atom stereocenters. The van der Waals surface area contributed by atoms with Crippen LogP contribution in [0.25, 0.3) is 0 Å². The zero-order chi connectivity index (χ0) is 16.4.